The lowest BCUT2D eigenvalue weighted by Crippen LogP contribution is -2.14. The molecule has 0 aliphatic rings. The Morgan fingerprint density at radius 1 is 1.28 bits per heavy atom. The van der Waals surface area contributed by atoms with Crippen LogP contribution < -0.4 is 14.8 Å². The molecule has 0 aliphatic heterocycles. The van der Waals surface area contributed by atoms with Gasteiger partial charge in [-0.05, 0) is 36.6 Å². The van der Waals surface area contributed by atoms with Crippen LogP contribution in [0.3, 0.4) is 0 Å². The van der Waals surface area contributed by atoms with Crippen LogP contribution in [-0.4, -0.2) is 34.6 Å². The second kappa shape index (κ2) is 9.43. The molecule has 0 saturated heterocycles. The quantitative estimate of drug-likeness (QED) is 0.582. The first kappa shape index (κ1) is 20.7. The van der Waals surface area contributed by atoms with E-state index in [0.29, 0.717) is 46.0 Å². The molecule has 8 heteroatoms. The Labute approximate surface area is 174 Å². The first-order valence-electron chi connectivity index (χ1n) is 9.27. The van der Waals surface area contributed by atoms with Crippen LogP contribution >= 0.6 is 11.6 Å². The van der Waals surface area contributed by atoms with Crippen molar-refractivity contribution in [1.82, 2.24) is 15.0 Å². The summed E-state index contributed by atoms with van der Waals surface area (Å²) >= 11 is 6.38. The molecular weight excluding hydrogens is 392 g/mol. The molecule has 0 spiro atoms. The van der Waals surface area contributed by atoms with Gasteiger partial charge in [0.05, 0.1) is 42.5 Å². The summed E-state index contributed by atoms with van der Waals surface area (Å²) in [4.78, 5) is 12.9. The van der Waals surface area contributed by atoms with Crippen LogP contribution in [0.15, 0.2) is 48.8 Å². The monoisotopic (exact) mass is 414 g/mol. The van der Waals surface area contributed by atoms with Gasteiger partial charge in [0, 0.05) is 5.56 Å². The summed E-state index contributed by atoms with van der Waals surface area (Å²) in [5.41, 5.74) is 1.65. The normalized spacial score (nSPS) is 10.8. The summed E-state index contributed by atoms with van der Waals surface area (Å²) in [6.07, 6.45) is 4.16. The molecule has 0 bridgehead atoms. The Morgan fingerprint density at radius 2 is 2.07 bits per heavy atom. The maximum atomic E-state index is 12.9. The molecule has 1 N–H and O–H groups in total. The molecule has 29 heavy (non-hydrogen) atoms. The van der Waals surface area contributed by atoms with Crippen molar-refractivity contribution < 1.29 is 14.3 Å². The molecule has 7 nitrogen and oxygen atoms in total. The highest BCUT2D eigenvalue weighted by atomic mass is 35.5. The second-order valence-electron chi connectivity index (χ2n) is 6.84. The number of methoxy groups -OCH3 is 1. The van der Waals surface area contributed by atoms with Gasteiger partial charge in [-0.2, -0.15) is 0 Å². The van der Waals surface area contributed by atoms with Crippen molar-refractivity contribution in [3.05, 3.63) is 59.4 Å². The number of benzene rings is 2. The molecular formula is C21H23ClN4O3. The molecule has 2 aromatic carbocycles. The van der Waals surface area contributed by atoms with E-state index in [0.717, 1.165) is 6.42 Å². The molecule has 1 aromatic heterocycles. The number of para-hydroxylation sites is 2. The van der Waals surface area contributed by atoms with Crippen molar-refractivity contribution in [2.75, 3.05) is 19.0 Å². The minimum atomic E-state index is -0.327. The molecule has 0 atom stereocenters. The van der Waals surface area contributed by atoms with Gasteiger partial charge in [0.25, 0.3) is 5.91 Å². The SMILES string of the molecule is COc1cc(C(=O)Nc2ccccc2-n2ccnn2)cc(Cl)c1OCCC(C)C. The first-order valence-corrected chi connectivity index (χ1v) is 9.64. The number of nitrogens with one attached hydrogen (secondary N) is 1. The summed E-state index contributed by atoms with van der Waals surface area (Å²) < 4.78 is 12.8. The number of hydrogen-bond donors (Lipinski definition) is 1. The molecule has 1 heterocycles. The highest BCUT2D eigenvalue weighted by molar-refractivity contribution is 6.32. The van der Waals surface area contributed by atoms with Crippen molar-refractivity contribution in [3.8, 4) is 17.2 Å². The van der Waals surface area contributed by atoms with Crippen LogP contribution in [0.5, 0.6) is 11.5 Å². The van der Waals surface area contributed by atoms with Gasteiger partial charge in [0.1, 0.15) is 0 Å². The molecule has 3 aromatic rings. The van der Waals surface area contributed by atoms with Crippen molar-refractivity contribution in [2.45, 2.75) is 20.3 Å². The fraction of sp³-hybridized carbons (Fsp3) is 0.286. The molecule has 0 radical (unpaired) electrons. The van der Waals surface area contributed by atoms with Gasteiger partial charge < -0.3 is 14.8 Å². The van der Waals surface area contributed by atoms with E-state index in [1.807, 2.05) is 18.2 Å². The van der Waals surface area contributed by atoms with E-state index in [1.165, 1.54) is 7.11 Å². The van der Waals surface area contributed by atoms with E-state index in [9.17, 15) is 4.79 Å². The Balaban J connectivity index is 1.83. The van der Waals surface area contributed by atoms with Crippen LogP contribution in [0.1, 0.15) is 30.6 Å². The summed E-state index contributed by atoms with van der Waals surface area (Å²) in [7, 11) is 1.52. The maximum Gasteiger partial charge on any atom is 0.255 e. The van der Waals surface area contributed by atoms with Gasteiger partial charge >= 0.3 is 0 Å². The zero-order valence-electron chi connectivity index (χ0n) is 16.6. The predicted molar refractivity (Wildman–Crippen MR) is 112 cm³/mol. The third-order valence-electron chi connectivity index (χ3n) is 4.25. The van der Waals surface area contributed by atoms with Crippen LogP contribution in [0.25, 0.3) is 5.69 Å². The molecule has 1 amide bonds. The Hall–Kier alpha value is -3.06. The molecule has 0 saturated carbocycles. The number of amides is 1. The number of aromatic nitrogens is 3. The maximum absolute atomic E-state index is 12.9. The van der Waals surface area contributed by atoms with E-state index >= 15 is 0 Å². The summed E-state index contributed by atoms with van der Waals surface area (Å²) in [5, 5.41) is 11.0. The standard InChI is InChI=1S/C21H23ClN4O3/c1-14(2)8-11-29-20-16(22)12-15(13-19(20)28-3)21(27)24-17-6-4-5-7-18(17)26-10-9-23-25-26/h4-7,9-10,12-14H,8,11H2,1-3H3,(H,24,27). The first-order chi connectivity index (χ1) is 14.0. The number of anilines is 1. The number of rotatable bonds is 8. The highest BCUT2D eigenvalue weighted by Gasteiger charge is 2.17. The lowest BCUT2D eigenvalue weighted by molar-refractivity contribution is 0.102. The highest BCUT2D eigenvalue weighted by Crippen LogP contribution is 2.37. The smallest absolute Gasteiger partial charge is 0.255 e. The topological polar surface area (TPSA) is 78.3 Å². The van der Waals surface area contributed by atoms with Gasteiger partial charge in [0.2, 0.25) is 0 Å². The number of hydrogen-bond acceptors (Lipinski definition) is 5. The van der Waals surface area contributed by atoms with Crippen LogP contribution in [0.4, 0.5) is 5.69 Å². The third kappa shape index (κ3) is 5.06. The van der Waals surface area contributed by atoms with Gasteiger partial charge in [-0.25, -0.2) is 4.68 Å². The predicted octanol–water partition coefficient (Wildman–Crippen LogP) is 4.61. The summed E-state index contributed by atoms with van der Waals surface area (Å²) in [5.74, 6) is 1.03. The van der Waals surface area contributed by atoms with Crippen LogP contribution in [0, 0.1) is 5.92 Å². The number of halogens is 1. The molecule has 0 fully saturated rings. The van der Waals surface area contributed by atoms with Crippen molar-refractivity contribution in [1.29, 1.82) is 0 Å². The molecule has 152 valence electrons. The molecule has 3 rings (SSSR count). The number of carbonyl (C=O) groups excluding carboxylic acids is 1. The second-order valence-corrected chi connectivity index (χ2v) is 7.25. The van der Waals surface area contributed by atoms with Crippen molar-refractivity contribution >= 4 is 23.2 Å². The average molecular weight is 415 g/mol. The average Bonchev–Trinajstić information content (AvgIpc) is 3.23. The zero-order chi connectivity index (χ0) is 20.8. The lowest BCUT2D eigenvalue weighted by atomic mass is 10.1. The Morgan fingerprint density at radius 3 is 2.76 bits per heavy atom. The Bertz CT molecular complexity index is 974. The van der Waals surface area contributed by atoms with E-state index in [4.69, 9.17) is 21.1 Å². The summed E-state index contributed by atoms with van der Waals surface area (Å²) in [6, 6.07) is 10.5. The van der Waals surface area contributed by atoms with Gasteiger partial charge in [0.15, 0.2) is 11.5 Å². The third-order valence-corrected chi connectivity index (χ3v) is 4.54. The largest absolute Gasteiger partial charge is 0.493 e. The van der Waals surface area contributed by atoms with E-state index in [2.05, 4.69) is 29.5 Å². The van der Waals surface area contributed by atoms with Crippen molar-refractivity contribution in [3.63, 3.8) is 0 Å². The van der Waals surface area contributed by atoms with Crippen molar-refractivity contribution in [2.24, 2.45) is 5.92 Å². The van der Waals surface area contributed by atoms with E-state index < -0.39 is 0 Å². The minimum absolute atomic E-state index is 0.322. The van der Waals surface area contributed by atoms with Gasteiger partial charge in [-0.1, -0.05) is 42.8 Å². The molecule has 0 aliphatic carbocycles. The molecule has 0 unspecified atom stereocenters. The number of nitrogens with zero attached hydrogens (tertiary/aromatic N) is 3. The van der Waals surface area contributed by atoms with E-state index in [-0.39, 0.29) is 5.91 Å². The zero-order valence-corrected chi connectivity index (χ0v) is 17.3. The van der Waals surface area contributed by atoms with Gasteiger partial charge in [-0.15, -0.1) is 5.10 Å². The lowest BCUT2D eigenvalue weighted by Gasteiger charge is -2.15. The van der Waals surface area contributed by atoms with Crippen LogP contribution in [-0.2, 0) is 0 Å². The minimum Gasteiger partial charge on any atom is -0.493 e. The fourth-order valence-electron chi connectivity index (χ4n) is 2.70. The van der Waals surface area contributed by atoms with Crippen LogP contribution in [0.2, 0.25) is 5.02 Å². The number of carbonyl (C=O) groups is 1. The number of ether oxygens (including phenoxy) is 2. The summed E-state index contributed by atoms with van der Waals surface area (Å²) in [6.45, 7) is 4.75. The fourth-order valence-corrected chi connectivity index (χ4v) is 2.96. The Kier molecular flexibility index (Phi) is 6.72. The van der Waals surface area contributed by atoms with Gasteiger partial charge in [-0.3, -0.25) is 4.79 Å². The van der Waals surface area contributed by atoms with E-state index in [1.54, 1.807) is 35.3 Å².